The summed E-state index contributed by atoms with van der Waals surface area (Å²) < 4.78 is 0. The summed E-state index contributed by atoms with van der Waals surface area (Å²) in [6.07, 6.45) is 9.58. The van der Waals surface area contributed by atoms with Crippen LogP contribution in [0.4, 0.5) is 0 Å². The van der Waals surface area contributed by atoms with Crippen molar-refractivity contribution in [2.24, 2.45) is 17.8 Å². The molecular weight excluding hydrogens is 497 g/mol. The predicted molar refractivity (Wildman–Crippen MR) is 157 cm³/mol. The maximum Gasteiger partial charge on any atom is 2.00 e. The number of aromatic nitrogens is 3. The molecule has 0 radical (unpaired) electrons. The molecule has 3 aliphatic rings. The summed E-state index contributed by atoms with van der Waals surface area (Å²) in [6, 6.07) is -0.114. The number of rotatable bonds is 2. The number of fused-ring (bicyclic) bond motifs is 8. The van der Waals surface area contributed by atoms with Crippen LogP contribution in [-0.2, 0) is 6.42 Å². The van der Waals surface area contributed by atoms with Gasteiger partial charge in [-0.1, -0.05) is 86.9 Å². The van der Waals surface area contributed by atoms with Gasteiger partial charge in [-0.05, 0) is 42.9 Å². The third-order valence-electron chi connectivity index (χ3n) is 8.94. The van der Waals surface area contributed by atoms with E-state index in [1.54, 1.807) is 0 Å². The normalized spacial score (nSPS) is 26.7. The Bertz CT molecular complexity index is 1810. The Balaban J connectivity index is 0.00000308. The molecule has 1 N–H and O–H groups in total. The fourth-order valence-electron chi connectivity index (χ4n) is 6.44. The SMILES string of the molecule is C=Cc1c2[n-]c(c1C)/C=C1\[N-]C(C3=c4[n-]/c(c(C)c4C(=O)[C@@H]3C)=C\c3[n-]c(/c(=C\O)c3CC)=C\2)[C@@H](C)[C@@H]1C.[Mg+2]. The van der Waals surface area contributed by atoms with Gasteiger partial charge in [-0.15, -0.1) is 33.1 Å². The molecule has 8 bridgehead atoms. The second-order valence-corrected chi connectivity index (χ2v) is 10.8. The van der Waals surface area contributed by atoms with Crippen LogP contribution in [0, 0.1) is 31.6 Å². The minimum absolute atomic E-state index is 0. The molecule has 1 aliphatic carbocycles. The van der Waals surface area contributed by atoms with Gasteiger partial charge < -0.3 is 25.4 Å². The average Bonchev–Trinajstić information content (AvgIpc) is 3.62. The smallest absolute Gasteiger partial charge is 0.681 e. The number of carbonyl (C=O) groups is 1. The molecule has 0 aromatic carbocycles. The molecular formula is C32H32MgN4O2-2. The van der Waals surface area contributed by atoms with E-state index in [0.717, 1.165) is 67.6 Å². The Kier molecular flexibility index (Phi) is 6.88. The van der Waals surface area contributed by atoms with Crippen molar-refractivity contribution in [2.45, 2.75) is 54.0 Å². The monoisotopic (exact) mass is 528 g/mol. The van der Waals surface area contributed by atoms with Crippen molar-refractivity contribution in [3.8, 4) is 0 Å². The minimum Gasteiger partial charge on any atom is -0.681 e. The molecule has 5 heterocycles. The number of hydrogen-bond acceptors (Lipinski definition) is 2. The van der Waals surface area contributed by atoms with E-state index in [-0.39, 0.29) is 52.6 Å². The van der Waals surface area contributed by atoms with Crippen molar-refractivity contribution >= 4 is 65.0 Å². The Hall–Kier alpha value is -3.16. The molecule has 1 saturated heterocycles. The standard InChI is InChI=1S/C32H32N4O2.Mg/c1-8-19-16(5)23-10-22-14(3)15(4)30(35-22)28-18(7)32(38)29-17(6)24(36-31(28)29)11-26-20(9-2)21(13-37)27(34-26)12-25(19)33-23;/h8,10-15,18,30H,1,9H2,2-7H3,(H,37,38);/q-4;+2/b22-10-,27-12-;/t14-,15-,18+,30?;/m0./s1. The second-order valence-electron chi connectivity index (χ2n) is 10.8. The zero-order valence-corrected chi connectivity index (χ0v) is 24.9. The van der Waals surface area contributed by atoms with Crippen LogP contribution in [0.5, 0.6) is 0 Å². The molecule has 6 rings (SSSR count). The molecule has 3 aromatic rings. The molecule has 7 heteroatoms. The fraction of sp³-hybridized carbons (Fsp3) is 0.344. The molecule has 196 valence electrons. The number of ketones is 1. The largest absolute Gasteiger partial charge is 2.00 e. The van der Waals surface area contributed by atoms with Crippen LogP contribution in [0.2, 0.25) is 0 Å². The van der Waals surface area contributed by atoms with Gasteiger partial charge in [-0.3, -0.25) is 4.79 Å². The first kappa shape index (κ1) is 27.4. The van der Waals surface area contributed by atoms with E-state index >= 15 is 0 Å². The van der Waals surface area contributed by atoms with E-state index in [4.69, 9.17) is 20.3 Å². The Morgan fingerprint density at radius 1 is 0.974 bits per heavy atom. The van der Waals surface area contributed by atoms with Gasteiger partial charge >= 0.3 is 23.1 Å². The summed E-state index contributed by atoms with van der Waals surface area (Å²) in [4.78, 5) is 28.4. The van der Waals surface area contributed by atoms with Crippen LogP contribution >= 0.6 is 0 Å². The van der Waals surface area contributed by atoms with E-state index in [2.05, 4.69) is 26.5 Å². The molecule has 0 saturated carbocycles. The molecule has 4 atom stereocenters. The van der Waals surface area contributed by atoms with Crippen LogP contribution in [-0.4, -0.2) is 40.0 Å². The topological polar surface area (TPSA) is 93.7 Å². The van der Waals surface area contributed by atoms with E-state index < -0.39 is 0 Å². The average molecular weight is 529 g/mol. The van der Waals surface area contributed by atoms with Crippen molar-refractivity contribution in [1.29, 1.82) is 0 Å². The summed E-state index contributed by atoms with van der Waals surface area (Å²) in [5, 5.41) is 18.3. The number of hydrogen-bond donors (Lipinski definition) is 1. The molecule has 0 spiro atoms. The van der Waals surface area contributed by atoms with Gasteiger partial charge in [0.15, 0.2) is 5.78 Å². The first-order valence-corrected chi connectivity index (χ1v) is 13.4. The summed E-state index contributed by atoms with van der Waals surface area (Å²) in [5.41, 5.74) is 8.86. The number of carbonyl (C=O) groups excluding carboxylic acids is 1. The maximum absolute atomic E-state index is 13.5. The summed E-state index contributed by atoms with van der Waals surface area (Å²) in [5.74, 6) is 0.297. The Morgan fingerprint density at radius 3 is 2.36 bits per heavy atom. The quantitative estimate of drug-likeness (QED) is 0.515. The van der Waals surface area contributed by atoms with Gasteiger partial charge in [0.1, 0.15) is 0 Å². The third-order valence-corrected chi connectivity index (χ3v) is 8.94. The van der Waals surface area contributed by atoms with Crippen LogP contribution in [0.1, 0.15) is 77.4 Å². The molecule has 0 amide bonds. The molecule has 6 nitrogen and oxygen atoms in total. The number of aliphatic hydroxyl groups is 1. The van der Waals surface area contributed by atoms with Gasteiger partial charge in [-0.25, -0.2) is 0 Å². The Morgan fingerprint density at radius 2 is 1.69 bits per heavy atom. The first-order chi connectivity index (χ1) is 18.2. The molecule has 39 heavy (non-hydrogen) atoms. The number of nitrogens with zero attached hydrogens (tertiary/aromatic N) is 4. The Labute approximate surface area is 244 Å². The zero-order chi connectivity index (χ0) is 27.0. The molecule has 1 unspecified atom stereocenters. The maximum atomic E-state index is 13.5. The van der Waals surface area contributed by atoms with Gasteiger partial charge in [0, 0.05) is 11.5 Å². The van der Waals surface area contributed by atoms with Gasteiger partial charge in [0.2, 0.25) is 0 Å². The molecule has 1 fully saturated rings. The van der Waals surface area contributed by atoms with Crippen molar-refractivity contribution in [2.75, 3.05) is 0 Å². The minimum atomic E-state index is -0.250. The van der Waals surface area contributed by atoms with Crippen LogP contribution in [0.15, 0.2) is 12.3 Å². The van der Waals surface area contributed by atoms with E-state index in [1.807, 2.05) is 45.9 Å². The zero-order valence-electron chi connectivity index (χ0n) is 23.5. The number of aliphatic hydroxyl groups excluding tert-OH is 1. The van der Waals surface area contributed by atoms with Crippen molar-refractivity contribution in [1.82, 2.24) is 15.0 Å². The van der Waals surface area contributed by atoms with Crippen molar-refractivity contribution in [3.63, 3.8) is 0 Å². The van der Waals surface area contributed by atoms with Crippen LogP contribution in [0.25, 0.3) is 41.5 Å². The summed E-state index contributed by atoms with van der Waals surface area (Å²) in [6.45, 7) is 16.5. The summed E-state index contributed by atoms with van der Waals surface area (Å²) >= 11 is 0. The summed E-state index contributed by atoms with van der Waals surface area (Å²) in [7, 11) is 0. The fourth-order valence-corrected chi connectivity index (χ4v) is 6.44. The van der Waals surface area contributed by atoms with Crippen molar-refractivity contribution < 1.29 is 9.90 Å². The second kappa shape index (κ2) is 9.79. The van der Waals surface area contributed by atoms with Gasteiger partial charge in [0.25, 0.3) is 0 Å². The third kappa shape index (κ3) is 3.85. The molecule has 2 aliphatic heterocycles. The van der Waals surface area contributed by atoms with Crippen molar-refractivity contribution in [3.05, 3.63) is 83.8 Å². The predicted octanol–water partition coefficient (Wildman–Crippen LogP) is 2.32. The van der Waals surface area contributed by atoms with Gasteiger partial charge in [-0.2, -0.15) is 5.70 Å². The molecule has 3 aromatic heterocycles. The van der Waals surface area contributed by atoms with E-state index in [0.29, 0.717) is 22.6 Å². The van der Waals surface area contributed by atoms with Crippen LogP contribution < -0.4 is 36.2 Å². The van der Waals surface area contributed by atoms with Crippen LogP contribution in [0.3, 0.4) is 0 Å². The number of allylic oxidation sites excluding steroid dienone is 1. The number of Topliss-reactive ketones (excluding diaryl/α,β-unsaturated/α-hetero) is 1. The van der Waals surface area contributed by atoms with E-state index in [1.165, 1.54) is 0 Å². The van der Waals surface area contributed by atoms with Gasteiger partial charge in [0.05, 0.1) is 6.26 Å². The van der Waals surface area contributed by atoms with E-state index in [9.17, 15) is 9.90 Å². The first-order valence-electron chi connectivity index (χ1n) is 13.4.